The summed E-state index contributed by atoms with van der Waals surface area (Å²) in [5, 5.41) is 3.07. The molecule has 0 fully saturated rings. The Labute approximate surface area is 95.6 Å². The summed E-state index contributed by atoms with van der Waals surface area (Å²) in [6.45, 7) is 5.66. The first-order valence-electron chi connectivity index (χ1n) is 5.12. The number of hydrogen-bond donors (Lipinski definition) is 1. The van der Waals surface area contributed by atoms with E-state index in [-0.39, 0.29) is 0 Å². The minimum atomic E-state index is 0.895. The molecule has 0 atom stereocenters. The van der Waals surface area contributed by atoms with Crippen molar-refractivity contribution >= 4 is 0 Å². The molecule has 0 bridgehead atoms. The third-order valence-electron chi connectivity index (χ3n) is 2.06. The molecule has 3 nitrogen and oxygen atoms in total. The molecule has 0 saturated carbocycles. The summed E-state index contributed by atoms with van der Waals surface area (Å²) >= 11 is 0. The quantitative estimate of drug-likeness (QED) is 0.841. The number of aryl methyl sites for hydroxylation is 1. The highest BCUT2D eigenvalue weighted by Gasteiger charge is 1.96. The molecule has 0 saturated heterocycles. The largest absolute Gasteiger partial charge is 0.297 e. The van der Waals surface area contributed by atoms with Gasteiger partial charge in [-0.1, -0.05) is 12.1 Å². The van der Waals surface area contributed by atoms with Gasteiger partial charge in [0.15, 0.2) is 0 Å². The maximum Gasteiger partial charge on any atom is 0.0714 e. The summed E-state index contributed by atoms with van der Waals surface area (Å²) in [5.41, 5.74) is 2.81. The second kappa shape index (κ2) is 5.37. The van der Waals surface area contributed by atoms with Gasteiger partial charge >= 0.3 is 0 Å². The highest BCUT2D eigenvalue weighted by Crippen LogP contribution is 2.01. The Kier molecular flexibility index (Phi) is 3.62. The Morgan fingerprint density at radius 1 is 1.00 bits per heavy atom. The Balaban J connectivity index is 1.85. The van der Waals surface area contributed by atoms with E-state index >= 15 is 0 Å². The molecule has 80 valence electrons. The molecule has 2 radical (unpaired) electrons. The first-order valence-corrected chi connectivity index (χ1v) is 5.12. The molecule has 0 aliphatic carbocycles. The van der Waals surface area contributed by atoms with Gasteiger partial charge in [-0.25, -0.2) is 0 Å². The highest BCUT2D eigenvalue weighted by molar-refractivity contribution is 5.19. The van der Waals surface area contributed by atoms with Crippen molar-refractivity contribution in [3.63, 3.8) is 0 Å². The smallest absolute Gasteiger partial charge is 0.0714 e. The molecule has 0 aliphatic rings. The second-order valence-corrected chi connectivity index (χ2v) is 3.41. The van der Waals surface area contributed by atoms with Crippen molar-refractivity contribution in [1.29, 1.82) is 0 Å². The van der Waals surface area contributed by atoms with Crippen molar-refractivity contribution in [3.8, 4) is 0 Å². The summed E-state index contributed by atoms with van der Waals surface area (Å²) in [7, 11) is 0. The van der Waals surface area contributed by atoms with Gasteiger partial charge in [0, 0.05) is 11.9 Å². The van der Waals surface area contributed by atoms with E-state index in [2.05, 4.69) is 15.3 Å². The van der Waals surface area contributed by atoms with Gasteiger partial charge in [0.25, 0.3) is 0 Å². The lowest BCUT2D eigenvalue weighted by Gasteiger charge is -2.03. The van der Waals surface area contributed by atoms with Gasteiger partial charge in [-0.3, -0.25) is 15.3 Å². The third-order valence-corrected chi connectivity index (χ3v) is 2.06. The van der Waals surface area contributed by atoms with Crippen LogP contribution in [0.1, 0.15) is 17.1 Å². The van der Waals surface area contributed by atoms with E-state index in [1.54, 1.807) is 6.20 Å². The summed E-state index contributed by atoms with van der Waals surface area (Å²) in [6.07, 6.45) is 1.76. The van der Waals surface area contributed by atoms with Crippen molar-refractivity contribution in [2.45, 2.75) is 6.92 Å². The number of nitrogens with one attached hydrogen (secondary N) is 1. The van der Waals surface area contributed by atoms with Crippen molar-refractivity contribution in [2.24, 2.45) is 0 Å². The van der Waals surface area contributed by atoms with Crippen LogP contribution in [-0.4, -0.2) is 9.97 Å². The predicted octanol–water partition coefficient (Wildman–Crippen LogP) is 2.09. The van der Waals surface area contributed by atoms with E-state index in [0.717, 1.165) is 17.1 Å². The van der Waals surface area contributed by atoms with E-state index in [4.69, 9.17) is 0 Å². The Morgan fingerprint density at radius 2 is 1.81 bits per heavy atom. The van der Waals surface area contributed by atoms with Crippen LogP contribution in [-0.2, 0) is 0 Å². The lowest BCUT2D eigenvalue weighted by molar-refractivity contribution is 0.940. The molecule has 2 heterocycles. The zero-order valence-corrected chi connectivity index (χ0v) is 9.09. The lowest BCUT2D eigenvalue weighted by atomic mass is 10.3. The maximum absolute atomic E-state index is 4.35. The van der Waals surface area contributed by atoms with Crippen molar-refractivity contribution in [1.82, 2.24) is 15.3 Å². The average molecular weight is 211 g/mol. The SMILES string of the molecule is Cc1cccc([CH]N[CH]c2ccccn2)n1. The van der Waals surface area contributed by atoms with E-state index in [1.807, 2.05) is 56.4 Å². The maximum atomic E-state index is 4.35. The topological polar surface area (TPSA) is 37.8 Å². The first kappa shape index (κ1) is 10.8. The number of nitrogens with zero attached hydrogens (tertiary/aromatic N) is 2. The molecule has 0 spiro atoms. The molecule has 0 amide bonds. The molecule has 2 aromatic heterocycles. The van der Waals surface area contributed by atoms with Crippen LogP contribution in [0.5, 0.6) is 0 Å². The van der Waals surface area contributed by atoms with Crippen molar-refractivity contribution in [2.75, 3.05) is 0 Å². The minimum absolute atomic E-state index is 0.895. The van der Waals surface area contributed by atoms with Gasteiger partial charge in [-0.2, -0.15) is 0 Å². The number of rotatable bonds is 4. The lowest BCUT2D eigenvalue weighted by Crippen LogP contribution is -2.10. The highest BCUT2D eigenvalue weighted by atomic mass is 14.9. The van der Waals surface area contributed by atoms with Gasteiger partial charge in [0.2, 0.25) is 0 Å². The molecular formula is C13H13N3. The normalized spacial score (nSPS) is 10.3. The standard InChI is InChI=1S/C13H13N3/c1-11-5-4-7-13(16-11)10-14-9-12-6-2-3-8-15-12/h2-10,14H,1H3. The van der Waals surface area contributed by atoms with Crippen LogP contribution in [0.25, 0.3) is 0 Å². The van der Waals surface area contributed by atoms with E-state index in [0.29, 0.717) is 0 Å². The third kappa shape index (κ3) is 3.14. The van der Waals surface area contributed by atoms with Gasteiger partial charge in [-0.05, 0) is 31.2 Å². The van der Waals surface area contributed by atoms with Crippen molar-refractivity contribution in [3.05, 3.63) is 72.8 Å². The summed E-state index contributed by atoms with van der Waals surface area (Å²) < 4.78 is 0. The van der Waals surface area contributed by atoms with Crippen LogP contribution in [0, 0.1) is 20.0 Å². The number of hydrogen-bond acceptors (Lipinski definition) is 3. The van der Waals surface area contributed by atoms with Crippen LogP contribution in [0.4, 0.5) is 0 Å². The van der Waals surface area contributed by atoms with Gasteiger partial charge < -0.3 is 0 Å². The van der Waals surface area contributed by atoms with Crippen LogP contribution >= 0.6 is 0 Å². The summed E-state index contributed by atoms with van der Waals surface area (Å²) in [4.78, 5) is 8.51. The van der Waals surface area contributed by atoms with Crippen LogP contribution in [0.15, 0.2) is 42.6 Å². The van der Waals surface area contributed by atoms with Crippen LogP contribution in [0.2, 0.25) is 0 Å². The fourth-order valence-corrected chi connectivity index (χ4v) is 1.32. The fourth-order valence-electron chi connectivity index (χ4n) is 1.32. The zero-order chi connectivity index (χ0) is 11.2. The summed E-state index contributed by atoms with van der Waals surface area (Å²) in [5.74, 6) is 0. The molecule has 16 heavy (non-hydrogen) atoms. The molecule has 0 unspecified atom stereocenters. The van der Waals surface area contributed by atoms with Gasteiger partial charge in [0.1, 0.15) is 0 Å². The molecular weight excluding hydrogens is 198 g/mol. The molecule has 0 aromatic carbocycles. The molecule has 3 heteroatoms. The second-order valence-electron chi connectivity index (χ2n) is 3.41. The first-order chi connectivity index (χ1) is 7.84. The predicted molar refractivity (Wildman–Crippen MR) is 63.2 cm³/mol. The monoisotopic (exact) mass is 211 g/mol. The number of pyridine rings is 2. The van der Waals surface area contributed by atoms with Gasteiger partial charge in [-0.15, -0.1) is 0 Å². The fraction of sp³-hybridized carbons (Fsp3) is 0.0769. The average Bonchev–Trinajstić information content (AvgIpc) is 2.30. The van der Waals surface area contributed by atoms with Crippen LogP contribution < -0.4 is 5.32 Å². The summed E-state index contributed by atoms with van der Waals surface area (Å²) in [6, 6.07) is 11.7. The Morgan fingerprint density at radius 3 is 2.56 bits per heavy atom. The van der Waals surface area contributed by atoms with Crippen LogP contribution in [0.3, 0.4) is 0 Å². The Bertz CT molecular complexity index is 440. The molecule has 1 N–H and O–H groups in total. The van der Waals surface area contributed by atoms with Crippen molar-refractivity contribution < 1.29 is 0 Å². The zero-order valence-electron chi connectivity index (χ0n) is 9.09. The minimum Gasteiger partial charge on any atom is -0.297 e. The van der Waals surface area contributed by atoms with E-state index in [1.165, 1.54) is 0 Å². The van der Waals surface area contributed by atoms with Gasteiger partial charge in [0.05, 0.1) is 24.5 Å². The molecule has 0 aliphatic heterocycles. The molecule has 2 rings (SSSR count). The Hall–Kier alpha value is -1.74. The number of aromatic nitrogens is 2. The molecule has 2 aromatic rings. The van der Waals surface area contributed by atoms with E-state index < -0.39 is 0 Å². The van der Waals surface area contributed by atoms with E-state index in [9.17, 15) is 0 Å².